The summed E-state index contributed by atoms with van der Waals surface area (Å²) in [6, 6.07) is 2.02. The van der Waals surface area contributed by atoms with Gasteiger partial charge in [0.15, 0.2) is 5.78 Å². The van der Waals surface area contributed by atoms with E-state index < -0.39 is 0 Å². The first-order valence-electron chi connectivity index (χ1n) is 3.07. The average Bonchev–Trinajstić information content (AvgIpc) is 2.41. The van der Waals surface area contributed by atoms with Crippen LogP contribution in [0, 0.1) is 0 Å². The molecule has 0 fully saturated rings. The molecule has 1 unspecified atom stereocenters. The number of Topliss-reactive ketones (excluding diaryl/α,β-unsaturated/α-hetero) is 1. The first-order chi connectivity index (χ1) is 4.79. The number of fused-ring (bicyclic) bond motifs is 1. The molecule has 1 aliphatic rings. The maximum Gasteiger partial charge on any atom is 0.186 e. The zero-order valence-corrected chi connectivity index (χ0v) is 7.09. The van der Waals surface area contributed by atoms with Crippen molar-refractivity contribution in [2.45, 2.75) is 17.1 Å². The molecule has 1 aromatic heterocycles. The molecule has 3 heteroatoms. The third-order valence-corrected chi connectivity index (χ3v) is 3.75. The monoisotopic (exact) mass is 170 g/mol. The van der Waals surface area contributed by atoms with Crippen molar-refractivity contribution >= 4 is 28.9 Å². The Morgan fingerprint density at radius 3 is 3.10 bits per heavy atom. The van der Waals surface area contributed by atoms with Crippen LogP contribution in [0.2, 0.25) is 0 Å². The third kappa shape index (κ3) is 0.739. The highest BCUT2D eigenvalue weighted by Gasteiger charge is 2.28. The first kappa shape index (κ1) is 6.43. The van der Waals surface area contributed by atoms with Gasteiger partial charge >= 0.3 is 0 Å². The van der Waals surface area contributed by atoms with Crippen molar-refractivity contribution in [1.29, 1.82) is 0 Å². The number of hydrogen-bond acceptors (Lipinski definition) is 3. The molecule has 0 aliphatic carbocycles. The van der Waals surface area contributed by atoms with Crippen molar-refractivity contribution in [1.82, 2.24) is 0 Å². The molecule has 2 rings (SSSR count). The Balaban J connectivity index is 2.53. The lowest BCUT2D eigenvalue weighted by Crippen LogP contribution is -2.04. The fourth-order valence-electron chi connectivity index (χ4n) is 0.999. The van der Waals surface area contributed by atoms with Crippen molar-refractivity contribution in [2.75, 3.05) is 0 Å². The van der Waals surface area contributed by atoms with Gasteiger partial charge in [0.1, 0.15) is 0 Å². The Morgan fingerprint density at radius 1 is 1.60 bits per heavy atom. The van der Waals surface area contributed by atoms with Crippen molar-refractivity contribution < 1.29 is 4.79 Å². The van der Waals surface area contributed by atoms with E-state index in [1.165, 1.54) is 4.90 Å². The second kappa shape index (κ2) is 2.10. The summed E-state index contributed by atoms with van der Waals surface area (Å²) in [5.74, 6) is 0.301. The van der Waals surface area contributed by atoms with E-state index >= 15 is 0 Å². The van der Waals surface area contributed by atoms with Crippen LogP contribution in [0.1, 0.15) is 16.6 Å². The van der Waals surface area contributed by atoms with Crippen LogP contribution >= 0.6 is 23.1 Å². The molecule has 10 heavy (non-hydrogen) atoms. The van der Waals surface area contributed by atoms with E-state index in [4.69, 9.17) is 0 Å². The van der Waals surface area contributed by atoms with Gasteiger partial charge in [-0.25, -0.2) is 0 Å². The molecule has 0 amide bonds. The lowest BCUT2D eigenvalue weighted by Gasteiger charge is -1.93. The summed E-state index contributed by atoms with van der Waals surface area (Å²) in [6.45, 7) is 1.96. The van der Waals surface area contributed by atoms with Gasteiger partial charge in [-0.3, -0.25) is 4.79 Å². The predicted molar refractivity (Wildman–Crippen MR) is 44.0 cm³/mol. The van der Waals surface area contributed by atoms with Gasteiger partial charge in [0, 0.05) is 4.90 Å². The largest absolute Gasteiger partial charge is 0.292 e. The fraction of sp³-hybridized carbons (Fsp3) is 0.286. The first-order valence-corrected chi connectivity index (χ1v) is 4.83. The number of ketones is 1. The molecule has 0 radical (unpaired) electrons. The zero-order chi connectivity index (χ0) is 7.14. The highest BCUT2D eigenvalue weighted by Crippen LogP contribution is 2.39. The fourth-order valence-corrected chi connectivity index (χ4v) is 3.23. The highest BCUT2D eigenvalue weighted by atomic mass is 32.2. The molecule has 1 atom stereocenters. The summed E-state index contributed by atoms with van der Waals surface area (Å²) in [7, 11) is 0. The van der Waals surface area contributed by atoms with Gasteiger partial charge in [-0.1, -0.05) is 0 Å². The summed E-state index contributed by atoms with van der Waals surface area (Å²) in [5.41, 5.74) is 0. The zero-order valence-electron chi connectivity index (χ0n) is 5.46. The van der Waals surface area contributed by atoms with Crippen molar-refractivity contribution in [3.63, 3.8) is 0 Å². The highest BCUT2D eigenvalue weighted by molar-refractivity contribution is 8.01. The number of thioether (sulfide) groups is 1. The number of carbonyl (C=O) groups excluding carboxylic acids is 1. The van der Waals surface area contributed by atoms with Crippen LogP contribution in [0.25, 0.3) is 0 Å². The standard InChI is InChI=1S/C7H6OS2/c1-4-6(8)7-5(10-4)2-3-9-7/h2-4H,1H3. The van der Waals surface area contributed by atoms with Crippen LogP contribution < -0.4 is 0 Å². The van der Waals surface area contributed by atoms with Crippen LogP contribution in [-0.2, 0) is 0 Å². The van der Waals surface area contributed by atoms with Gasteiger partial charge < -0.3 is 0 Å². The molecule has 0 saturated carbocycles. The van der Waals surface area contributed by atoms with Crippen LogP contribution in [-0.4, -0.2) is 11.0 Å². The summed E-state index contributed by atoms with van der Waals surface area (Å²) < 4.78 is 0. The Morgan fingerprint density at radius 2 is 2.40 bits per heavy atom. The lowest BCUT2D eigenvalue weighted by atomic mass is 10.3. The van der Waals surface area contributed by atoms with Gasteiger partial charge in [0.2, 0.25) is 0 Å². The summed E-state index contributed by atoms with van der Waals surface area (Å²) in [4.78, 5) is 13.4. The Kier molecular flexibility index (Phi) is 1.35. The van der Waals surface area contributed by atoms with Crippen molar-refractivity contribution in [3.8, 4) is 0 Å². The minimum Gasteiger partial charge on any atom is -0.292 e. The Hall–Kier alpha value is -0.280. The minimum atomic E-state index is 0.155. The van der Waals surface area contributed by atoms with Crippen LogP contribution in [0.5, 0.6) is 0 Å². The second-order valence-corrected chi connectivity index (χ2v) is 4.54. The SMILES string of the molecule is CC1Sc2ccsc2C1=O. The molecule has 1 aromatic rings. The van der Waals surface area contributed by atoms with E-state index in [9.17, 15) is 4.79 Å². The quantitative estimate of drug-likeness (QED) is 0.595. The molecule has 1 aliphatic heterocycles. The molecule has 2 heterocycles. The molecular formula is C7H6OS2. The van der Waals surface area contributed by atoms with Crippen molar-refractivity contribution in [3.05, 3.63) is 16.3 Å². The van der Waals surface area contributed by atoms with Crippen LogP contribution in [0.15, 0.2) is 16.3 Å². The van der Waals surface area contributed by atoms with E-state index in [0.717, 1.165) is 4.88 Å². The van der Waals surface area contributed by atoms with Gasteiger partial charge in [-0.05, 0) is 18.4 Å². The van der Waals surface area contributed by atoms with Crippen LogP contribution in [0.4, 0.5) is 0 Å². The predicted octanol–water partition coefficient (Wildman–Crippen LogP) is 2.43. The maximum absolute atomic E-state index is 11.2. The third-order valence-electron chi connectivity index (χ3n) is 1.53. The van der Waals surface area contributed by atoms with Gasteiger partial charge in [0.05, 0.1) is 10.1 Å². The number of thiophene rings is 1. The van der Waals surface area contributed by atoms with Crippen LogP contribution in [0.3, 0.4) is 0 Å². The van der Waals surface area contributed by atoms with Gasteiger partial charge in [-0.2, -0.15) is 0 Å². The maximum atomic E-state index is 11.2. The van der Waals surface area contributed by atoms with E-state index in [0.29, 0.717) is 5.78 Å². The minimum absolute atomic E-state index is 0.155. The molecule has 0 bridgehead atoms. The number of hydrogen-bond donors (Lipinski definition) is 0. The smallest absolute Gasteiger partial charge is 0.186 e. The lowest BCUT2D eigenvalue weighted by molar-refractivity contribution is 0.1000. The second-order valence-electron chi connectivity index (χ2n) is 2.24. The normalized spacial score (nSPS) is 23.3. The van der Waals surface area contributed by atoms with Crippen molar-refractivity contribution in [2.24, 2.45) is 0 Å². The number of carbonyl (C=O) groups is 1. The molecule has 0 saturated heterocycles. The number of rotatable bonds is 0. The summed E-state index contributed by atoms with van der Waals surface area (Å²) in [6.07, 6.45) is 0. The van der Waals surface area contributed by atoms with E-state index in [1.54, 1.807) is 23.1 Å². The van der Waals surface area contributed by atoms with Gasteiger partial charge in [0.25, 0.3) is 0 Å². The molecule has 0 aromatic carbocycles. The Bertz CT molecular complexity index is 277. The van der Waals surface area contributed by atoms with E-state index in [-0.39, 0.29) is 5.25 Å². The molecule has 0 spiro atoms. The molecule has 1 nitrogen and oxygen atoms in total. The average molecular weight is 170 g/mol. The Labute approximate surface area is 67.4 Å². The summed E-state index contributed by atoms with van der Waals surface area (Å²) in [5, 5.41) is 2.13. The topological polar surface area (TPSA) is 17.1 Å². The van der Waals surface area contributed by atoms with Gasteiger partial charge in [-0.15, -0.1) is 23.1 Å². The van der Waals surface area contributed by atoms with E-state index in [2.05, 4.69) is 0 Å². The molecule has 0 N–H and O–H groups in total. The summed E-state index contributed by atoms with van der Waals surface area (Å²) >= 11 is 3.22. The molecule has 52 valence electrons. The van der Waals surface area contributed by atoms with E-state index in [1.807, 2.05) is 18.4 Å². The molecular weight excluding hydrogens is 164 g/mol.